The molecule has 122 valence electrons. The molecular weight excluding hydrogens is 270 g/mol. The van der Waals surface area contributed by atoms with Crippen molar-refractivity contribution in [1.82, 2.24) is 0 Å². The average Bonchev–Trinajstić information content (AvgIpc) is 2.78. The molecule has 0 aromatic carbocycles. The second kappa shape index (κ2) is 4.93. The van der Waals surface area contributed by atoms with Crippen LogP contribution in [0.2, 0.25) is 0 Å². The monoisotopic (exact) mass is 301 g/mol. The molecule has 2 nitrogen and oxygen atoms in total. The number of fused-ring (bicyclic) bond motifs is 5. The number of hydrogen-bond acceptors (Lipinski definition) is 2. The Balaban J connectivity index is 1.66. The highest BCUT2D eigenvalue weighted by molar-refractivity contribution is 5.93. The van der Waals surface area contributed by atoms with E-state index < -0.39 is 5.60 Å². The Bertz CT molecular complexity index is 520. The van der Waals surface area contributed by atoms with Gasteiger partial charge in [0.25, 0.3) is 0 Å². The van der Waals surface area contributed by atoms with Crippen LogP contribution in [-0.2, 0) is 0 Å². The second-order valence-electron chi connectivity index (χ2n) is 8.72. The summed E-state index contributed by atoms with van der Waals surface area (Å²) in [6.07, 6.45) is 12.9. The summed E-state index contributed by atoms with van der Waals surface area (Å²) >= 11 is 0. The molecule has 3 fully saturated rings. The zero-order valence-corrected chi connectivity index (χ0v) is 14.2. The van der Waals surface area contributed by atoms with E-state index in [4.69, 9.17) is 5.41 Å². The van der Waals surface area contributed by atoms with Crippen LogP contribution >= 0.6 is 0 Å². The molecule has 0 amide bonds. The predicted octanol–water partition coefficient (Wildman–Crippen LogP) is 4.72. The first kappa shape index (κ1) is 14.9. The Hall–Kier alpha value is -0.630. The number of nitrogens with one attached hydrogen (secondary N) is 1. The van der Waals surface area contributed by atoms with Gasteiger partial charge in [0.1, 0.15) is 0 Å². The van der Waals surface area contributed by atoms with Crippen LogP contribution in [-0.4, -0.2) is 16.4 Å². The van der Waals surface area contributed by atoms with Crippen LogP contribution in [0.1, 0.15) is 71.6 Å². The number of allylic oxidation sites excluding steroid dienone is 2. The van der Waals surface area contributed by atoms with Crippen LogP contribution in [0, 0.1) is 34.5 Å². The fourth-order valence-electron chi connectivity index (χ4n) is 7.09. The molecule has 0 heterocycles. The summed E-state index contributed by atoms with van der Waals surface area (Å²) in [5.74, 6) is 3.17. The van der Waals surface area contributed by atoms with Gasteiger partial charge in [-0.2, -0.15) is 0 Å². The molecule has 0 aromatic heterocycles. The molecule has 22 heavy (non-hydrogen) atoms. The molecule has 3 saturated carbocycles. The molecule has 6 atom stereocenters. The summed E-state index contributed by atoms with van der Waals surface area (Å²) in [7, 11) is 0. The molecule has 5 unspecified atom stereocenters. The zero-order valence-electron chi connectivity index (χ0n) is 14.2. The molecule has 2 heteroatoms. The largest absolute Gasteiger partial charge is 0.390 e. The van der Waals surface area contributed by atoms with Crippen molar-refractivity contribution >= 4 is 5.71 Å². The lowest BCUT2D eigenvalue weighted by Gasteiger charge is -2.56. The summed E-state index contributed by atoms with van der Waals surface area (Å²) in [4.78, 5) is 0. The lowest BCUT2D eigenvalue weighted by Crippen LogP contribution is -2.52. The van der Waals surface area contributed by atoms with Crippen molar-refractivity contribution in [2.75, 3.05) is 0 Å². The fourth-order valence-corrected chi connectivity index (χ4v) is 7.09. The van der Waals surface area contributed by atoms with Crippen LogP contribution in [0.15, 0.2) is 11.6 Å². The molecule has 4 aliphatic rings. The summed E-state index contributed by atoms with van der Waals surface area (Å²) in [5.41, 5.74) is 2.19. The van der Waals surface area contributed by atoms with Gasteiger partial charge in [0.2, 0.25) is 0 Å². The van der Waals surface area contributed by atoms with Gasteiger partial charge < -0.3 is 10.5 Å². The Labute approximate surface area is 134 Å². The topological polar surface area (TPSA) is 44.1 Å². The van der Waals surface area contributed by atoms with Crippen molar-refractivity contribution in [1.29, 1.82) is 5.41 Å². The molecule has 0 aliphatic heterocycles. The normalized spacial score (nSPS) is 50.9. The van der Waals surface area contributed by atoms with E-state index in [1.54, 1.807) is 5.57 Å². The van der Waals surface area contributed by atoms with Gasteiger partial charge in [-0.05, 0) is 94.5 Å². The second-order valence-corrected chi connectivity index (χ2v) is 8.72. The van der Waals surface area contributed by atoms with Crippen molar-refractivity contribution in [2.24, 2.45) is 29.1 Å². The van der Waals surface area contributed by atoms with Gasteiger partial charge in [-0.15, -0.1) is 0 Å². The van der Waals surface area contributed by atoms with Gasteiger partial charge in [0.05, 0.1) is 5.60 Å². The van der Waals surface area contributed by atoms with Gasteiger partial charge in [0, 0.05) is 11.1 Å². The van der Waals surface area contributed by atoms with Crippen molar-refractivity contribution in [2.45, 2.75) is 77.2 Å². The van der Waals surface area contributed by atoms with E-state index in [1.165, 1.54) is 38.5 Å². The van der Waals surface area contributed by atoms with Gasteiger partial charge in [-0.25, -0.2) is 0 Å². The Morgan fingerprint density at radius 1 is 1.14 bits per heavy atom. The average molecular weight is 301 g/mol. The maximum absolute atomic E-state index is 11.1. The smallest absolute Gasteiger partial charge is 0.0678 e. The SMILES string of the molecule is CCC12CCC3C4CCC(=N)C=C4CCC3C1CC[C@]2(C)O. The van der Waals surface area contributed by atoms with Gasteiger partial charge in [0.15, 0.2) is 0 Å². The lowest BCUT2D eigenvalue weighted by atomic mass is 9.49. The van der Waals surface area contributed by atoms with Crippen LogP contribution in [0.3, 0.4) is 0 Å². The van der Waals surface area contributed by atoms with E-state index in [1.807, 2.05) is 0 Å². The minimum atomic E-state index is -0.442. The highest BCUT2D eigenvalue weighted by atomic mass is 16.3. The third kappa shape index (κ3) is 1.85. The van der Waals surface area contributed by atoms with Gasteiger partial charge in [-0.3, -0.25) is 0 Å². The molecule has 4 rings (SSSR count). The number of rotatable bonds is 1. The first-order chi connectivity index (χ1) is 10.5. The first-order valence-electron chi connectivity index (χ1n) is 9.49. The van der Waals surface area contributed by atoms with E-state index >= 15 is 0 Å². The molecule has 0 saturated heterocycles. The highest BCUT2D eigenvalue weighted by Gasteiger charge is 2.61. The standard InChI is InChI=1S/C20H31NO/c1-3-20-11-8-16-15-7-5-14(21)12-13(15)4-6-17(16)18(20)9-10-19(20,2)22/h12,15-18,21-22H,3-11H2,1-2H3/t15?,16?,17?,18?,19-,20?/m0/s1. The van der Waals surface area contributed by atoms with Gasteiger partial charge >= 0.3 is 0 Å². The maximum Gasteiger partial charge on any atom is 0.0678 e. The van der Waals surface area contributed by atoms with E-state index in [-0.39, 0.29) is 5.41 Å². The minimum Gasteiger partial charge on any atom is -0.390 e. The third-order valence-corrected chi connectivity index (χ3v) is 8.19. The summed E-state index contributed by atoms with van der Waals surface area (Å²) < 4.78 is 0. The third-order valence-electron chi connectivity index (χ3n) is 8.19. The van der Waals surface area contributed by atoms with Crippen LogP contribution < -0.4 is 0 Å². The van der Waals surface area contributed by atoms with E-state index in [0.29, 0.717) is 0 Å². The first-order valence-corrected chi connectivity index (χ1v) is 9.49. The fraction of sp³-hybridized carbons (Fsp3) is 0.850. The molecular formula is C20H31NO. The lowest BCUT2D eigenvalue weighted by molar-refractivity contribution is -0.119. The molecule has 0 radical (unpaired) electrons. The van der Waals surface area contributed by atoms with E-state index in [2.05, 4.69) is 19.9 Å². The summed E-state index contributed by atoms with van der Waals surface area (Å²) in [6, 6.07) is 0. The number of aliphatic hydroxyl groups is 1. The molecule has 0 aromatic rings. The van der Waals surface area contributed by atoms with Crippen LogP contribution in [0.4, 0.5) is 0 Å². The maximum atomic E-state index is 11.1. The van der Waals surface area contributed by atoms with Crippen molar-refractivity contribution in [3.63, 3.8) is 0 Å². The number of hydrogen-bond donors (Lipinski definition) is 2. The Morgan fingerprint density at radius 2 is 1.95 bits per heavy atom. The molecule has 4 aliphatic carbocycles. The van der Waals surface area contributed by atoms with Crippen molar-refractivity contribution in [3.8, 4) is 0 Å². The van der Waals surface area contributed by atoms with Crippen molar-refractivity contribution < 1.29 is 5.11 Å². The van der Waals surface area contributed by atoms with E-state index in [0.717, 1.165) is 48.6 Å². The Kier molecular flexibility index (Phi) is 3.35. The van der Waals surface area contributed by atoms with Gasteiger partial charge in [-0.1, -0.05) is 12.5 Å². The summed E-state index contributed by atoms with van der Waals surface area (Å²) in [5, 5.41) is 19.0. The summed E-state index contributed by atoms with van der Waals surface area (Å²) in [6.45, 7) is 4.43. The molecule has 0 spiro atoms. The quantitative estimate of drug-likeness (QED) is 0.723. The van der Waals surface area contributed by atoms with Crippen LogP contribution in [0.5, 0.6) is 0 Å². The predicted molar refractivity (Wildman–Crippen MR) is 90.1 cm³/mol. The van der Waals surface area contributed by atoms with E-state index in [9.17, 15) is 5.11 Å². The zero-order chi connectivity index (χ0) is 15.5. The highest BCUT2D eigenvalue weighted by Crippen LogP contribution is 2.66. The van der Waals surface area contributed by atoms with Crippen molar-refractivity contribution in [3.05, 3.63) is 11.6 Å². The van der Waals surface area contributed by atoms with Crippen LogP contribution in [0.25, 0.3) is 0 Å². The molecule has 2 N–H and O–H groups in total. The Morgan fingerprint density at radius 3 is 2.73 bits per heavy atom. The minimum absolute atomic E-state index is 0.191. The molecule has 0 bridgehead atoms.